The number of fused-ring (bicyclic) bond motifs is 5. The Labute approximate surface area is 151 Å². The SMILES string of the molecule is COc1cc2c(O)cc3c(c2cc1OC)-c1ccccc1C3(OC)OC. The molecule has 26 heavy (non-hydrogen) atoms. The molecule has 5 nitrogen and oxygen atoms in total. The Morgan fingerprint density at radius 3 is 2.00 bits per heavy atom. The molecule has 5 heteroatoms. The van der Waals surface area contributed by atoms with Crippen molar-refractivity contribution in [2.75, 3.05) is 28.4 Å². The van der Waals surface area contributed by atoms with Crippen molar-refractivity contribution in [3.63, 3.8) is 0 Å². The molecular weight excluding hydrogens is 332 g/mol. The topological polar surface area (TPSA) is 57.2 Å². The zero-order valence-electron chi connectivity index (χ0n) is 15.1. The second-order valence-electron chi connectivity index (χ2n) is 6.14. The molecule has 1 aliphatic rings. The first-order chi connectivity index (χ1) is 12.6. The van der Waals surface area contributed by atoms with E-state index in [0.717, 1.165) is 27.6 Å². The molecule has 0 saturated carbocycles. The number of rotatable bonds is 4. The van der Waals surface area contributed by atoms with Crippen molar-refractivity contribution in [3.05, 3.63) is 53.6 Å². The highest BCUT2D eigenvalue weighted by atomic mass is 16.7. The van der Waals surface area contributed by atoms with Crippen LogP contribution in [0, 0.1) is 0 Å². The molecule has 3 aromatic carbocycles. The number of hydrogen-bond acceptors (Lipinski definition) is 5. The van der Waals surface area contributed by atoms with Crippen LogP contribution >= 0.6 is 0 Å². The van der Waals surface area contributed by atoms with Gasteiger partial charge in [0.15, 0.2) is 11.5 Å². The quantitative estimate of drug-likeness (QED) is 0.718. The lowest BCUT2D eigenvalue weighted by Crippen LogP contribution is -2.29. The number of ether oxygens (including phenoxy) is 4. The van der Waals surface area contributed by atoms with Gasteiger partial charge in [0.2, 0.25) is 5.79 Å². The fourth-order valence-electron chi connectivity index (χ4n) is 3.94. The molecule has 1 aliphatic carbocycles. The van der Waals surface area contributed by atoms with E-state index in [1.165, 1.54) is 0 Å². The Morgan fingerprint density at radius 1 is 0.769 bits per heavy atom. The summed E-state index contributed by atoms with van der Waals surface area (Å²) in [7, 11) is 6.37. The number of benzene rings is 3. The third-order valence-electron chi connectivity index (χ3n) is 5.10. The predicted octanol–water partition coefficient (Wildman–Crippen LogP) is 4.04. The molecule has 0 aromatic heterocycles. The van der Waals surface area contributed by atoms with Gasteiger partial charge in [-0.1, -0.05) is 24.3 Å². The zero-order valence-corrected chi connectivity index (χ0v) is 15.1. The Hall–Kier alpha value is -2.76. The lowest BCUT2D eigenvalue weighted by molar-refractivity contribution is -0.180. The average molecular weight is 352 g/mol. The van der Waals surface area contributed by atoms with E-state index >= 15 is 0 Å². The summed E-state index contributed by atoms with van der Waals surface area (Å²) in [4.78, 5) is 0. The van der Waals surface area contributed by atoms with Crippen LogP contribution in [0.5, 0.6) is 17.2 Å². The fraction of sp³-hybridized carbons (Fsp3) is 0.238. The Bertz CT molecular complexity index is 1000. The maximum atomic E-state index is 10.7. The maximum absolute atomic E-state index is 10.7. The average Bonchev–Trinajstić information content (AvgIpc) is 2.97. The molecule has 0 aliphatic heterocycles. The standard InChI is InChI=1S/C21H20O5/c1-23-18-9-13-14(10-19(18)24-2)20-12-7-5-6-8-15(12)21(25-3,26-4)16(20)11-17(13)22/h5-11,22H,1-4H3. The van der Waals surface area contributed by atoms with Crippen LogP contribution in [0.3, 0.4) is 0 Å². The van der Waals surface area contributed by atoms with Crippen LogP contribution in [-0.2, 0) is 15.3 Å². The molecule has 1 N–H and O–H groups in total. The van der Waals surface area contributed by atoms with Crippen molar-refractivity contribution in [1.82, 2.24) is 0 Å². The van der Waals surface area contributed by atoms with Crippen molar-refractivity contribution in [3.8, 4) is 28.4 Å². The van der Waals surface area contributed by atoms with E-state index in [1.807, 2.05) is 30.3 Å². The summed E-state index contributed by atoms with van der Waals surface area (Å²) >= 11 is 0. The number of hydrogen-bond donors (Lipinski definition) is 1. The van der Waals surface area contributed by atoms with Gasteiger partial charge >= 0.3 is 0 Å². The molecule has 0 unspecified atom stereocenters. The molecule has 0 atom stereocenters. The van der Waals surface area contributed by atoms with Crippen LogP contribution in [0.15, 0.2) is 42.5 Å². The highest BCUT2D eigenvalue weighted by Gasteiger charge is 2.45. The number of aromatic hydroxyl groups is 1. The van der Waals surface area contributed by atoms with Crippen LogP contribution in [0.4, 0.5) is 0 Å². The van der Waals surface area contributed by atoms with Gasteiger partial charge in [0, 0.05) is 30.7 Å². The van der Waals surface area contributed by atoms with Gasteiger partial charge in [0.05, 0.1) is 14.2 Å². The van der Waals surface area contributed by atoms with Gasteiger partial charge in [0.1, 0.15) is 5.75 Å². The normalized spacial score (nSPS) is 14.2. The van der Waals surface area contributed by atoms with Crippen LogP contribution in [0.2, 0.25) is 0 Å². The smallest absolute Gasteiger partial charge is 0.223 e. The zero-order chi connectivity index (χ0) is 18.5. The molecule has 0 radical (unpaired) electrons. The van der Waals surface area contributed by atoms with Crippen molar-refractivity contribution in [2.45, 2.75) is 5.79 Å². The molecule has 134 valence electrons. The second-order valence-corrected chi connectivity index (χ2v) is 6.14. The van der Waals surface area contributed by atoms with Gasteiger partial charge in [0.25, 0.3) is 0 Å². The second kappa shape index (κ2) is 5.90. The van der Waals surface area contributed by atoms with Crippen molar-refractivity contribution >= 4 is 10.8 Å². The van der Waals surface area contributed by atoms with E-state index in [9.17, 15) is 5.11 Å². The summed E-state index contributed by atoms with van der Waals surface area (Å²) < 4.78 is 22.5. The van der Waals surface area contributed by atoms with Crippen molar-refractivity contribution in [1.29, 1.82) is 0 Å². The van der Waals surface area contributed by atoms with Crippen molar-refractivity contribution < 1.29 is 24.1 Å². The van der Waals surface area contributed by atoms with Crippen molar-refractivity contribution in [2.24, 2.45) is 0 Å². The molecule has 0 saturated heterocycles. The summed E-state index contributed by atoms with van der Waals surface area (Å²) in [6.07, 6.45) is 0. The Balaban J connectivity index is 2.18. The maximum Gasteiger partial charge on any atom is 0.223 e. The van der Waals surface area contributed by atoms with E-state index in [4.69, 9.17) is 18.9 Å². The lowest BCUT2D eigenvalue weighted by atomic mass is 9.96. The Morgan fingerprint density at radius 2 is 1.38 bits per heavy atom. The van der Waals surface area contributed by atoms with Crippen LogP contribution in [0.1, 0.15) is 11.1 Å². The van der Waals surface area contributed by atoms with Gasteiger partial charge in [-0.3, -0.25) is 0 Å². The number of phenolic OH excluding ortho intramolecular Hbond substituents is 1. The van der Waals surface area contributed by atoms with E-state index in [-0.39, 0.29) is 5.75 Å². The van der Waals surface area contributed by atoms with Crippen LogP contribution in [-0.4, -0.2) is 33.5 Å². The summed E-state index contributed by atoms with van der Waals surface area (Å²) in [5.74, 6) is 0.222. The van der Waals surface area contributed by atoms with Gasteiger partial charge in [-0.25, -0.2) is 0 Å². The molecule has 3 aromatic rings. The van der Waals surface area contributed by atoms with Gasteiger partial charge in [-0.05, 0) is 34.7 Å². The van der Waals surface area contributed by atoms with E-state index < -0.39 is 5.79 Å². The van der Waals surface area contributed by atoms with E-state index in [0.29, 0.717) is 16.9 Å². The van der Waals surface area contributed by atoms with Gasteiger partial charge in [-0.2, -0.15) is 0 Å². The van der Waals surface area contributed by atoms with E-state index in [1.54, 1.807) is 40.6 Å². The fourth-order valence-corrected chi connectivity index (χ4v) is 3.94. The van der Waals surface area contributed by atoms with Gasteiger partial charge in [-0.15, -0.1) is 0 Å². The molecule has 0 fully saturated rings. The van der Waals surface area contributed by atoms with Crippen LogP contribution < -0.4 is 9.47 Å². The third-order valence-corrected chi connectivity index (χ3v) is 5.10. The van der Waals surface area contributed by atoms with E-state index in [2.05, 4.69) is 0 Å². The Kier molecular flexibility index (Phi) is 3.79. The largest absolute Gasteiger partial charge is 0.507 e. The molecule has 0 amide bonds. The highest BCUT2D eigenvalue weighted by molar-refractivity contribution is 6.06. The molecule has 0 spiro atoms. The summed E-state index contributed by atoms with van der Waals surface area (Å²) in [6, 6.07) is 13.3. The molecule has 0 heterocycles. The van der Waals surface area contributed by atoms with Gasteiger partial charge < -0.3 is 24.1 Å². The monoisotopic (exact) mass is 352 g/mol. The summed E-state index contributed by atoms with van der Waals surface area (Å²) in [5.41, 5.74) is 3.63. The summed E-state index contributed by atoms with van der Waals surface area (Å²) in [5, 5.41) is 12.2. The number of methoxy groups -OCH3 is 4. The minimum Gasteiger partial charge on any atom is -0.507 e. The summed E-state index contributed by atoms with van der Waals surface area (Å²) in [6.45, 7) is 0. The first-order valence-corrected chi connectivity index (χ1v) is 8.23. The first kappa shape index (κ1) is 16.7. The lowest BCUT2D eigenvalue weighted by Gasteiger charge is -2.28. The minimum absolute atomic E-state index is 0.131. The van der Waals surface area contributed by atoms with Crippen LogP contribution in [0.25, 0.3) is 21.9 Å². The molecule has 4 rings (SSSR count). The highest BCUT2D eigenvalue weighted by Crippen LogP contribution is 2.54. The first-order valence-electron chi connectivity index (χ1n) is 8.23. The predicted molar refractivity (Wildman–Crippen MR) is 99.0 cm³/mol. The molecular formula is C21H20O5. The minimum atomic E-state index is -1.06. The molecule has 0 bridgehead atoms. The number of phenols is 1. The third kappa shape index (κ3) is 1.98.